The number of hydrogen-bond acceptors (Lipinski definition) is 3. The summed E-state index contributed by atoms with van der Waals surface area (Å²) in [5.74, 6) is -1.76. The van der Waals surface area contributed by atoms with Crippen LogP contribution in [0.1, 0.15) is 12.8 Å². The third-order valence-electron chi connectivity index (χ3n) is 3.42. The molecule has 0 saturated heterocycles. The Balaban J connectivity index is 2.10. The lowest BCUT2D eigenvalue weighted by atomic mass is 9.82. The van der Waals surface area contributed by atoms with Crippen LogP contribution in [0.25, 0.3) is 0 Å². The molecular formula is C15H17NO4. The SMILES string of the molecule is COc1cccc(NC(=O)C2CC=CCC2C(=O)O)c1. The maximum absolute atomic E-state index is 12.2. The number of aliphatic carboxylic acids is 1. The molecule has 2 atom stereocenters. The van der Waals surface area contributed by atoms with Gasteiger partial charge in [-0.15, -0.1) is 0 Å². The first-order chi connectivity index (χ1) is 9.61. The minimum Gasteiger partial charge on any atom is -0.497 e. The number of anilines is 1. The summed E-state index contributed by atoms with van der Waals surface area (Å²) in [5.41, 5.74) is 0.605. The van der Waals surface area contributed by atoms with Crippen molar-refractivity contribution in [3.63, 3.8) is 0 Å². The number of rotatable bonds is 4. The van der Waals surface area contributed by atoms with E-state index in [2.05, 4.69) is 5.32 Å². The molecule has 2 unspecified atom stereocenters. The Morgan fingerprint density at radius 2 is 1.95 bits per heavy atom. The van der Waals surface area contributed by atoms with E-state index >= 15 is 0 Å². The molecule has 1 aromatic carbocycles. The number of amides is 1. The highest BCUT2D eigenvalue weighted by atomic mass is 16.5. The predicted molar refractivity (Wildman–Crippen MR) is 74.6 cm³/mol. The summed E-state index contributed by atoms with van der Waals surface area (Å²) in [6.07, 6.45) is 4.52. The number of carbonyl (C=O) groups excluding carboxylic acids is 1. The molecule has 0 spiro atoms. The first-order valence-electron chi connectivity index (χ1n) is 6.44. The lowest BCUT2D eigenvalue weighted by molar-refractivity contribution is -0.146. The summed E-state index contributed by atoms with van der Waals surface area (Å²) in [6.45, 7) is 0. The number of methoxy groups -OCH3 is 1. The van der Waals surface area contributed by atoms with Crippen molar-refractivity contribution >= 4 is 17.6 Å². The summed E-state index contributed by atoms with van der Waals surface area (Å²) in [6, 6.07) is 6.99. The fourth-order valence-electron chi connectivity index (χ4n) is 2.31. The van der Waals surface area contributed by atoms with E-state index < -0.39 is 17.8 Å². The molecule has 2 rings (SSSR count). The fourth-order valence-corrected chi connectivity index (χ4v) is 2.31. The highest BCUT2D eigenvalue weighted by Gasteiger charge is 2.33. The number of hydrogen-bond donors (Lipinski definition) is 2. The zero-order valence-electron chi connectivity index (χ0n) is 11.2. The number of carboxylic acids is 1. The smallest absolute Gasteiger partial charge is 0.307 e. The molecule has 20 heavy (non-hydrogen) atoms. The Labute approximate surface area is 117 Å². The maximum atomic E-state index is 12.2. The molecule has 0 heterocycles. The third kappa shape index (κ3) is 3.17. The second-order valence-electron chi connectivity index (χ2n) is 4.72. The number of benzene rings is 1. The Kier molecular flexibility index (Phi) is 4.40. The molecule has 0 aliphatic heterocycles. The van der Waals surface area contributed by atoms with Crippen molar-refractivity contribution in [3.8, 4) is 5.75 Å². The van der Waals surface area contributed by atoms with Crippen molar-refractivity contribution < 1.29 is 19.4 Å². The monoisotopic (exact) mass is 275 g/mol. The van der Waals surface area contributed by atoms with E-state index in [-0.39, 0.29) is 5.91 Å². The lowest BCUT2D eigenvalue weighted by Gasteiger charge is -2.24. The van der Waals surface area contributed by atoms with Crippen LogP contribution in [0, 0.1) is 11.8 Å². The van der Waals surface area contributed by atoms with Crippen LogP contribution in [0.2, 0.25) is 0 Å². The van der Waals surface area contributed by atoms with Crippen LogP contribution in [0.3, 0.4) is 0 Å². The summed E-state index contributed by atoms with van der Waals surface area (Å²) < 4.78 is 5.08. The first kappa shape index (κ1) is 14.1. The first-order valence-corrected chi connectivity index (χ1v) is 6.44. The maximum Gasteiger partial charge on any atom is 0.307 e. The van der Waals surface area contributed by atoms with Crippen LogP contribution in [-0.2, 0) is 9.59 Å². The van der Waals surface area contributed by atoms with E-state index in [1.54, 1.807) is 31.4 Å². The van der Waals surface area contributed by atoms with Crippen molar-refractivity contribution in [2.24, 2.45) is 11.8 Å². The number of carboxylic acid groups (broad SMARTS) is 1. The van der Waals surface area contributed by atoms with Gasteiger partial charge in [-0.1, -0.05) is 18.2 Å². The molecule has 1 amide bonds. The molecular weight excluding hydrogens is 258 g/mol. The van der Waals surface area contributed by atoms with Gasteiger partial charge in [-0.3, -0.25) is 9.59 Å². The molecule has 5 nitrogen and oxygen atoms in total. The van der Waals surface area contributed by atoms with Gasteiger partial charge in [0.25, 0.3) is 0 Å². The molecule has 0 fully saturated rings. The van der Waals surface area contributed by atoms with Crippen LogP contribution < -0.4 is 10.1 Å². The zero-order chi connectivity index (χ0) is 14.5. The number of nitrogens with one attached hydrogen (secondary N) is 1. The molecule has 1 aliphatic rings. The van der Waals surface area contributed by atoms with E-state index in [4.69, 9.17) is 4.74 Å². The zero-order valence-corrected chi connectivity index (χ0v) is 11.2. The van der Waals surface area contributed by atoms with Gasteiger partial charge in [0, 0.05) is 11.8 Å². The van der Waals surface area contributed by atoms with E-state index in [9.17, 15) is 14.7 Å². The molecule has 0 saturated carbocycles. The van der Waals surface area contributed by atoms with Gasteiger partial charge in [0.1, 0.15) is 5.75 Å². The van der Waals surface area contributed by atoms with E-state index in [1.807, 2.05) is 12.2 Å². The summed E-state index contributed by atoms with van der Waals surface area (Å²) in [7, 11) is 1.55. The summed E-state index contributed by atoms with van der Waals surface area (Å²) in [4.78, 5) is 23.4. The predicted octanol–water partition coefficient (Wildman–Crippen LogP) is 2.30. The molecule has 0 aromatic heterocycles. The van der Waals surface area contributed by atoms with E-state index in [0.717, 1.165) is 0 Å². The van der Waals surface area contributed by atoms with Crippen LogP contribution in [-0.4, -0.2) is 24.1 Å². The van der Waals surface area contributed by atoms with Crippen molar-refractivity contribution in [2.45, 2.75) is 12.8 Å². The highest BCUT2D eigenvalue weighted by molar-refractivity contribution is 5.95. The second-order valence-corrected chi connectivity index (χ2v) is 4.72. The van der Waals surface area contributed by atoms with Gasteiger partial charge in [0.2, 0.25) is 5.91 Å². The molecule has 1 aromatic rings. The molecule has 0 radical (unpaired) electrons. The number of allylic oxidation sites excluding steroid dienone is 2. The van der Waals surface area contributed by atoms with Crippen LogP contribution >= 0.6 is 0 Å². The van der Waals surface area contributed by atoms with Gasteiger partial charge in [-0.25, -0.2) is 0 Å². The second kappa shape index (κ2) is 6.23. The quantitative estimate of drug-likeness (QED) is 0.827. The molecule has 0 bridgehead atoms. The van der Waals surface area contributed by atoms with Gasteiger partial charge in [-0.05, 0) is 25.0 Å². The van der Waals surface area contributed by atoms with Gasteiger partial charge in [0.05, 0.1) is 18.9 Å². The largest absolute Gasteiger partial charge is 0.497 e. The molecule has 1 aliphatic carbocycles. The standard InChI is InChI=1S/C15H17NO4/c1-20-11-6-4-5-10(9-11)16-14(17)12-7-2-3-8-13(12)15(18)19/h2-6,9,12-13H,7-8H2,1H3,(H,16,17)(H,18,19). The topological polar surface area (TPSA) is 75.6 Å². The fraction of sp³-hybridized carbons (Fsp3) is 0.333. The Morgan fingerprint density at radius 1 is 1.25 bits per heavy atom. The third-order valence-corrected chi connectivity index (χ3v) is 3.42. The van der Waals surface area contributed by atoms with Crippen LogP contribution in [0.4, 0.5) is 5.69 Å². The minimum absolute atomic E-state index is 0.269. The molecule has 2 N–H and O–H groups in total. The number of ether oxygens (including phenoxy) is 1. The Hall–Kier alpha value is -2.30. The average molecular weight is 275 g/mol. The average Bonchev–Trinajstić information content (AvgIpc) is 2.47. The molecule has 5 heteroatoms. The van der Waals surface area contributed by atoms with Gasteiger partial charge < -0.3 is 15.2 Å². The minimum atomic E-state index is -0.930. The van der Waals surface area contributed by atoms with Crippen molar-refractivity contribution in [1.29, 1.82) is 0 Å². The Morgan fingerprint density at radius 3 is 2.60 bits per heavy atom. The van der Waals surface area contributed by atoms with Crippen molar-refractivity contribution in [1.82, 2.24) is 0 Å². The summed E-state index contributed by atoms with van der Waals surface area (Å²) in [5, 5.41) is 11.9. The van der Waals surface area contributed by atoms with Crippen LogP contribution in [0.15, 0.2) is 36.4 Å². The van der Waals surface area contributed by atoms with Gasteiger partial charge in [-0.2, -0.15) is 0 Å². The summed E-state index contributed by atoms with van der Waals surface area (Å²) >= 11 is 0. The van der Waals surface area contributed by atoms with Gasteiger partial charge in [0.15, 0.2) is 0 Å². The normalized spacial score (nSPS) is 21.2. The lowest BCUT2D eigenvalue weighted by Crippen LogP contribution is -2.34. The van der Waals surface area contributed by atoms with Crippen LogP contribution in [0.5, 0.6) is 5.75 Å². The van der Waals surface area contributed by atoms with E-state index in [1.165, 1.54) is 0 Å². The Bertz CT molecular complexity index is 538. The van der Waals surface area contributed by atoms with E-state index in [0.29, 0.717) is 24.3 Å². The van der Waals surface area contributed by atoms with Crippen molar-refractivity contribution in [3.05, 3.63) is 36.4 Å². The van der Waals surface area contributed by atoms with Crippen molar-refractivity contribution in [2.75, 3.05) is 12.4 Å². The van der Waals surface area contributed by atoms with Gasteiger partial charge >= 0.3 is 5.97 Å². The number of carbonyl (C=O) groups is 2. The molecule has 106 valence electrons. The highest BCUT2D eigenvalue weighted by Crippen LogP contribution is 2.27.